The lowest BCUT2D eigenvalue weighted by Gasteiger charge is -2.32. The van der Waals surface area contributed by atoms with E-state index in [1.165, 1.54) is 15.3 Å². The van der Waals surface area contributed by atoms with Crippen LogP contribution >= 0.6 is 0 Å². The molecule has 0 aliphatic heterocycles. The fourth-order valence-electron chi connectivity index (χ4n) is 5.15. The zero-order chi connectivity index (χ0) is 26.3. The van der Waals surface area contributed by atoms with Crippen LogP contribution in [-0.4, -0.2) is 38.5 Å². The molecule has 1 aromatic rings. The van der Waals surface area contributed by atoms with E-state index in [2.05, 4.69) is 20.4 Å². The summed E-state index contributed by atoms with van der Waals surface area (Å²) in [7, 11) is 0. The largest absolute Gasteiger partial charge is 0.493 e. The molecule has 7 nitrogen and oxygen atoms in total. The number of rotatable bonds is 21. The molecular weight excluding hydrogens is 444 g/mol. The minimum Gasteiger partial charge on any atom is -0.493 e. The highest BCUT2D eigenvalue weighted by molar-refractivity contribution is 5.68. The van der Waals surface area contributed by atoms with Crippen molar-refractivity contribution < 1.29 is 19.7 Å². The highest BCUT2D eigenvalue weighted by atomic mass is 16.5. The summed E-state index contributed by atoms with van der Waals surface area (Å²) < 4.78 is 8.87. The average molecular weight is 495 g/mol. The number of nitrogens with zero attached hydrogens (tertiary/aromatic N) is 2. The van der Waals surface area contributed by atoms with Crippen LogP contribution in [0, 0.1) is 10.8 Å². The van der Waals surface area contributed by atoms with Gasteiger partial charge in [-0.3, -0.25) is 13.9 Å². The molecule has 1 unspecified atom stereocenters. The Balaban J connectivity index is 2.31. The van der Waals surface area contributed by atoms with Crippen LogP contribution in [0.3, 0.4) is 0 Å². The van der Waals surface area contributed by atoms with E-state index in [1.807, 2.05) is 19.9 Å². The Morgan fingerprint density at radius 3 is 2.09 bits per heavy atom. The lowest BCUT2D eigenvalue weighted by atomic mass is 9.74. The monoisotopic (exact) mass is 494 g/mol. The Morgan fingerprint density at radius 1 is 1.00 bits per heavy atom. The summed E-state index contributed by atoms with van der Waals surface area (Å²) >= 11 is 0. The van der Waals surface area contributed by atoms with Crippen molar-refractivity contribution in [3.63, 3.8) is 0 Å². The fourth-order valence-corrected chi connectivity index (χ4v) is 5.15. The minimum absolute atomic E-state index is 0.0550. The van der Waals surface area contributed by atoms with Crippen molar-refractivity contribution in [2.75, 3.05) is 13.2 Å². The lowest BCUT2D eigenvalue weighted by molar-refractivity contribution is -0.139. The Morgan fingerprint density at radius 2 is 1.60 bits per heavy atom. The van der Waals surface area contributed by atoms with Crippen molar-refractivity contribution in [1.29, 1.82) is 0 Å². The number of unbranched alkanes of at least 4 members (excludes halogenated alkanes) is 2. The molecule has 0 amide bonds. The first kappa shape index (κ1) is 31.0. The summed E-state index contributed by atoms with van der Waals surface area (Å²) in [4.78, 5) is 23.4. The molecule has 35 heavy (non-hydrogen) atoms. The summed E-state index contributed by atoms with van der Waals surface area (Å²) in [5, 5.41) is 19.2. The first-order valence-electron chi connectivity index (χ1n) is 13.6. The van der Waals surface area contributed by atoms with Gasteiger partial charge in [0.25, 0.3) is 0 Å². The first-order valence-corrected chi connectivity index (χ1v) is 13.6. The number of aryl methyl sites for hydroxylation is 1. The van der Waals surface area contributed by atoms with Crippen molar-refractivity contribution in [1.82, 2.24) is 9.13 Å². The zero-order valence-electron chi connectivity index (χ0n) is 22.7. The highest BCUT2D eigenvalue weighted by Crippen LogP contribution is 2.38. The quantitative estimate of drug-likeness (QED) is 0.153. The molecule has 0 bridgehead atoms. The molecular formula is C28H50N2O5. The number of hydrogen-bond acceptors (Lipinski definition) is 4. The SMILES string of the molecule is C=CC(CC)(CCCCOCCCCC(CC)(CC)CCCn1c(O)cn(CC)c1=O)CC(=O)O. The number of hydrogen-bond donors (Lipinski definition) is 2. The standard InChI is InChI=1S/C28H50N2O5/c1-6-27(7-2,18-15-19-30-24(31)23-29(10-5)26(30)34)16-11-13-20-35-21-14-12-17-28(8-3,9-4)22-25(32)33/h8,23,31H,3,6-7,9-22H2,1-2,4-5H3,(H,32,33). The number of carboxylic acid groups (broad SMARTS) is 1. The summed E-state index contributed by atoms with van der Waals surface area (Å²) in [6, 6.07) is 0. The molecule has 0 saturated carbocycles. The summed E-state index contributed by atoms with van der Waals surface area (Å²) in [6.07, 6.45) is 14.4. The summed E-state index contributed by atoms with van der Waals surface area (Å²) in [5.74, 6) is -0.708. The number of aromatic hydroxyl groups is 1. The van der Waals surface area contributed by atoms with E-state index in [1.54, 1.807) is 0 Å². The minimum atomic E-state index is -0.763. The van der Waals surface area contributed by atoms with Gasteiger partial charge >= 0.3 is 11.7 Å². The molecule has 1 atom stereocenters. The van der Waals surface area contributed by atoms with Crippen LogP contribution in [0.4, 0.5) is 0 Å². The predicted octanol–water partition coefficient (Wildman–Crippen LogP) is 6.38. The van der Waals surface area contributed by atoms with Crippen molar-refractivity contribution in [3.05, 3.63) is 29.3 Å². The third-order valence-corrected chi connectivity index (χ3v) is 8.05. The smallest absolute Gasteiger partial charge is 0.331 e. The van der Waals surface area contributed by atoms with Crippen LogP contribution in [-0.2, 0) is 22.6 Å². The number of carboxylic acids is 1. The molecule has 0 fully saturated rings. The van der Waals surface area contributed by atoms with Crippen molar-refractivity contribution in [3.8, 4) is 5.88 Å². The Bertz CT molecular complexity index is 809. The van der Waals surface area contributed by atoms with Crippen molar-refractivity contribution in [2.45, 2.75) is 118 Å². The molecule has 0 spiro atoms. The van der Waals surface area contributed by atoms with Gasteiger partial charge < -0.3 is 14.9 Å². The van der Waals surface area contributed by atoms with Gasteiger partial charge in [-0.15, -0.1) is 6.58 Å². The maximum atomic E-state index is 12.3. The molecule has 0 aliphatic rings. The van der Waals surface area contributed by atoms with Gasteiger partial charge in [0.05, 0.1) is 12.6 Å². The fraction of sp³-hybridized carbons (Fsp3) is 0.786. The zero-order valence-corrected chi connectivity index (χ0v) is 22.7. The van der Waals surface area contributed by atoms with Crippen LogP contribution in [0.25, 0.3) is 0 Å². The molecule has 0 aromatic carbocycles. The number of carbonyl (C=O) groups is 1. The van der Waals surface area contributed by atoms with Crippen LogP contribution in [0.1, 0.15) is 105 Å². The maximum Gasteiger partial charge on any atom is 0.331 e. The normalized spacial score (nSPS) is 13.6. The molecule has 2 N–H and O–H groups in total. The van der Waals surface area contributed by atoms with Gasteiger partial charge in [-0.25, -0.2) is 4.79 Å². The van der Waals surface area contributed by atoms with Crippen LogP contribution < -0.4 is 5.69 Å². The van der Waals surface area contributed by atoms with Gasteiger partial charge in [0.1, 0.15) is 0 Å². The predicted molar refractivity (Wildman–Crippen MR) is 142 cm³/mol. The average Bonchev–Trinajstić information content (AvgIpc) is 3.13. The van der Waals surface area contributed by atoms with E-state index in [-0.39, 0.29) is 28.8 Å². The topological polar surface area (TPSA) is 93.7 Å². The van der Waals surface area contributed by atoms with Gasteiger partial charge in [0, 0.05) is 26.3 Å². The number of ether oxygens (including phenoxy) is 1. The van der Waals surface area contributed by atoms with Gasteiger partial charge in [-0.05, 0) is 62.7 Å². The molecule has 202 valence electrons. The first-order chi connectivity index (χ1) is 16.7. The third-order valence-electron chi connectivity index (χ3n) is 8.05. The number of aromatic nitrogens is 2. The van der Waals surface area contributed by atoms with Crippen molar-refractivity contribution in [2.24, 2.45) is 10.8 Å². The number of allylic oxidation sites excluding steroid dienone is 1. The molecule has 1 rings (SSSR count). The van der Waals surface area contributed by atoms with E-state index in [4.69, 9.17) is 9.84 Å². The number of aliphatic carboxylic acids is 1. The Hall–Kier alpha value is -2.02. The number of imidazole rings is 1. The second kappa shape index (κ2) is 15.9. The second-order valence-corrected chi connectivity index (χ2v) is 10.0. The van der Waals surface area contributed by atoms with Gasteiger partial charge in [0.2, 0.25) is 5.88 Å². The van der Waals surface area contributed by atoms with E-state index in [0.29, 0.717) is 19.7 Å². The van der Waals surface area contributed by atoms with Gasteiger partial charge in [-0.2, -0.15) is 0 Å². The molecule has 0 radical (unpaired) electrons. The van der Waals surface area contributed by atoms with Crippen molar-refractivity contribution >= 4 is 5.97 Å². The Labute approximate surface area is 212 Å². The maximum absolute atomic E-state index is 12.3. The molecule has 0 aliphatic carbocycles. The van der Waals surface area contributed by atoms with Crippen LogP contribution in [0.15, 0.2) is 23.6 Å². The highest BCUT2D eigenvalue weighted by Gasteiger charge is 2.27. The summed E-state index contributed by atoms with van der Waals surface area (Å²) in [6.45, 7) is 14.9. The molecule has 0 saturated heterocycles. The second-order valence-electron chi connectivity index (χ2n) is 10.0. The molecule has 1 aromatic heterocycles. The van der Waals surface area contributed by atoms with E-state index in [0.717, 1.165) is 77.2 Å². The lowest BCUT2D eigenvalue weighted by Crippen LogP contribution is -2.25. The third kappa shape index (κ3) is 9.86. The van der Waals surface area contributed by atoms with Crippen LogP contribution in [0.5, 0.6) is 5.88 Å². The van der Waals surface area contributed by atoms with E-state index < -0.39 is 5.97 Å². The molecule has 7 heteroatoms. The van der Waals surface area contributed by atoms with Gasteiger partial charge in [-0.1, -0.05) is 52.5 Å². The van der Waals surface area contributed by atoms with Gasteiger partial charge in [0.15, 0.2) is 0 Å². The van der Waals surface area contributed by atoms with E-state index >= 15 is 0 Å². The Kier molecular flexibility index (Phi) is 14.1. The molecule has 1 heterocycles. The van der Waals surface area contributed by atoms with E-state index in [9.17, 15) is 14.7 Å². The van der Waals surface area contributed by atoms with Crippen LogP contribution in [0.2, 0.25) is 0 Å². The summed E-state index contributed by atoms with van der Waals surface area (Å²) in [5.41, 5.74) is -0.167.